The van der Waals surface area contributed by atoms with Gasteiger partial charge in [0.25, 0.3) is 0 Å². The van der Waals surface area contributed by atoms with Gasteiger partial charge in [0.15, 0.2) is 0 Å². The van der Waals surface area contributed by atoms with Gasteiger partial charge in [0, 0.05) is 12.5 Å². The fourth-order valence-electron chi connectivity index (χ4n) is 7.26. The third-order valence-electron chi connectivity index (χ3n) is 7.66. The molecule has 1 aromatic rings. The van der Waals surface area contributed by atoms with Crippen LogP contribution in [0.1, 0.15) is 75.5 Å². The van der Waals surface area contributed by atoms with Gasteiger partial charge in [0.2, 0.25) is 11.8 Å². The van der Waals surface area contributed by atoms with Crippen molar-refractivity contribution in [2.24, 2.45) is 17.3 Å². The molecule has 4 fully saturated rings. The molecule has 5 aliphatic carbocycles. The Hall–Kier alpha value is -1.84. The molecule has 0 spiro atoms. The summed E-state index contributed by atoms with van der Waals surface area (Å²) in [6, 6.07) is 8.70. The quantitative estimate of drug-likeness (QED) is 0.858. The van der Waals surface area contributed by atoms with E-state index in [1.54, 1.807) is 6.92 Å². The summed E-state index contributed by atoms with van der Waals surface area (Å²) >= 11 is 0. The predicted octanol–water partition coefficient (Wildman–Crippen LogP) is 3.66. The van der Waals surface area contributed by atoms with Gasteiger partial charge in [-0.3, -0.25) is 9.59 Å². The van der Waals surface area contributed by atoms with E-state index in [1.807, 2.05) is 0 Å². The van der Waals surface area contributed by atoms with E-state index in [4.69, 9.17) is 0 Å². The molecule has 4 nitrogen and oxygen atoms in total. The average molecular weight is 367 g/mol. The summed E-state index contributed by atoms with van der Waals surface area (Å²) in [5.41, 5.74) is 2.27. The number of carbonyl (C=O) groups excluding carboxylic acids is 2. The summed E-state index contributed by atoms with van der Waals surface area (Å²) in [6.45, 7) is 1.62. The Kier molecular flexibility index (Phi) is 3.89. The van der Waals surface area contributed by atoms with Gasteiger partial charge in [-0.1, -0.05) is 24.3 Å². The molecule has 0 aromatic heterocycles. The van der Waals surface area contributed by atoms with Crippen molar-refractivity contribution >= 4 is 11.8 Å². The Morgan fingerprint density at radius 1 is 1.07 bits per heavy atom. The van der Waals surface area contributed by atoms with Gasteiger partial charge >= 0.3 is 0 Å². The van der Waals surface area contributed by atoms with Crippen LogP contribution in [0.5, 0.6) is 0 Å². The van der Waals surface area contributed by atoms with Crippen molar-refractivity contribution in [2.45, 2.75) is 76.3 Å². The Balaban J connectivity index is 1.40. The van der Waals surface area contributed by atoms with Crippen molar-refractivity contribution < 1.29 is 9.59 Å². The van der Waals surface area contributed by atoms with Crippen molar-refractivity contribution in [3.05, 3.63) is 35.4 Å². The summed E-state index contributed by atoms with van der Waals surface area (Å²) in [7, 11) is 0. The normalized spacial score (nSPS) is 38.9. The molecule has 0 saturated heterocycles. The number of fused-ring (bicyclic) bond motifs is 1. The molecule has 27 heavy (non-hydrogen) atoms. The standard InChI is InChI=1S/C23H30N2O2/c1-15(26)25-23-12-16-9-17(13-23)11-22(10-16,14-23)21(27)24-20-8-4-6-18-5-2-3-7-19(18)20/h2-3,5,7,16-17,20H,4,6,8-14H2,1H3,(H,24,27)(H,25,26)/t16-,17+,20-,22?,23?/m0/s1. The van der Waals surface area contributed by atoms with Crippen LogP contribution in [0.2, 0.25) is 0 Å². The maximum Gasteiger partial charge on any atom is 0.226 e. The monoisotopic (exact) mass is 366 g/mol. The first-order valence-corrected chi connectivity index (χ1v) is 10.6. The molecular weight excluding hydrogens is 336 g/mol. The highest BCUT2D eigenvalue weighted by Gasteiger charge is 2.61. The molecule has 4 heteroatoms. The molecule has 0 aliphatic heterocycles. The molecule has 6 rings (SSSR count). The van der Waals surface area contributed by atoms with E-state index >= 15 is 0 Å². The van der Waals surface area contributed by atoms with E-state index in [9.17, 15) is 9.59 Å². The van der Waals surface area contributed by atoms with Gasteiger partial charge < -0.3 is 10.6 Å². The van der Waals surface area contributed by atoms with Crippen molar-refractivity contribution in [3.63, 3.8) is 0 Å². The van der Waals surface area contributed by atoms with Crippen LogP contribution in [0.15, 0.2) is 24.3 Å². The minimum Gasteiger partial charge on any atom is -0.351 e. The third-order valence-corrected chi connectivity index (χ3v) is 7.66. The lowest BCUT2D eigenvalue weighted by Gasteiger charge is -2.61. The van der Waals surface area contributed by atoms with Gasteiger partial charge in [0.05, 0.1) is 11.5 Å². The summed E-state index contributed by atoms with van der Waals surface area (Å²) in [4.78, 5) is 25.4. The maximum atomic E-state index is 13.6. The van der Waals surface area contributed by atoms with Crippen molar-refractivity contribution in [1.29, 1.82) is 0 Å². The Bertz CT molecular complexity index is 772. The molecule has 144 valence electrons. The molecule has 1 aromatic carbocycles. The van der Waals surface area contributed by atoms with Crippen molar-refractivity contribution in [3.8, 4) is 0 Å². The van der Waals surface area contributed by atoms with Crippen LogP contribution in [0.25, 0.3) is 0 Å². The zero-order chi connectivity index (χ0) is 18.6. The van der Waals surface area contributed by atoms with Gasteiger partial charge in [-0.15, -0.1) is 0 Å². The summed E-state index contributed by atoms with van der Waals surface area (Å²) in [5, 5.41) is 6.72. The molecule has 5 atom stereocenters. The second-order valence-corrected chi connectivity index (χ2v) is 9.82. The molecule has 2 amide bonds. The van der Waals surface area contributed by atoms with Crippen LogP contribution in [-0.4, -0.2) is 17.4 Å². The SMILES string of the molecule is CC(=O)NC12C[C@H]3C[C@@H](C1)CC(C(=O)N[C@H]1CCCc4ccccc41)(C3)C2. The van der Waals surface area contributed by atoms with E-state index < -0.39 is 0 Å². The van der Waals surface area contributed by atoms with E-state index in [0.29, 0.717) is 11.8 Å². The minimum absolute atomic E-state index is 0.0497. The molecule has 2 unspecified atom stereocenters. The van der Waals surface area contributed by atoms with Crippen LogP contribution in [-0.2, 0) is 16.0 Å². The molecule has 4 bridgehead atoms. The molecular formula is C23H30N2O2. The smallest absolute Gasteiger partial charge is 0.226 e. The number of aryl methyl sites for hydroxylation is 1. The lowest BCUT2D eigenvalue weighted by Crippen LogP contribution is -2.65. The first kappa shape index (κ1) is 17.3. The number of hydrogen-bond acceptors (Lipinski definition) is 2. The largest absolute Gasteiger partial charge is 0.351 e. The maximum absolute atomic E-state index is 13.6. The van der Waals surface area contributed by atoms with Crippen molar-refractivity contribution in [1.82, 2.24) is 10.6 Å². The van der Waals surface area contributed by atoms with Gasteiger partial charge in [-0.25, -0.2) is 0 Å². The molecule has 2 N–H and O–H groups in total. The number of amides is 2. The van der Waals surface area contributed by atoms with E-state index in [2.05, 4.69) is 34.9 Å². The lowest BCUT2D eigenvalue weighted by atomic mass is 9.46. The van der Waals surface area contributed by atoms with E-state index in [1.165, 1.54) is 17.5 Å². The predicted molar refractivity (Wildman–Crippen MR) is 104 cm³/mol. The second kappa shape index (κ2) is 6.08. The minimum atomic E-state index is -0.279. The first-order valence-electron chi connectivity index (χ1n) is 10.6. The number of nitrogens with one attached hydrogen (secondary N) is 2. The van der Waals surface area contributed by atoms with Gasteiger partial charge in [0.1, 0.15) is 0 Å². The number of rotatable bonds is 3. The molecule has 4 saturated carbocycles. The van der Waals surface area contributed by atoms with Crippen LogP contribution in [0, 0.1) is 17.3 Å². The lowest BCUT2D eigenvalue weighted by molar-refractivity contribution is -0.153. The fraction of sp³-hybridized carbons (Fsp3) is 0.652. The highest BCUT2D eigenvalue weighted by atomic mass is 16.2. The highest BCUT2D eigenvalue weighted by Crippen LogP contribution is 2.61. The van der Waals surface area contributed by atoms with E-state index in [0.717, 1.165) is 51.4 Å². The highest BCUT2D eigenvalue weighted by molar-refractivity contribution is 5.84. The van der Waals surface area contributed by atoms with Crippen molar-refractivity contribution in [2.75, 3.05) is 0 Å². The zero-order valence-corrected chi connectivity index (χ0v) is 16.2. The second-order valence-electron chi connectivity index (χ2n) is 9.82. The molecule has 0 heterocycles. The van der Waals surface area contributed by atoms with E-state index in [-0.39, 0.29) is 28.8 Å². The molecule has 5 aliphatic rings. The van der Waals surface area contributed by atoms with Gasteiger partial charge in [-0.2, -0.15) is 0 Å². The Morgan fingerprint density at radius 2 is 1.81 bits per heavy atom. The van der Waals surface area contributed by atoms with Gasteiger partial charge in [-0.05, 0) is 80.8 Å². The van der Waals surface area contributed by atoms with Crippen LogP contribution in [0.4, 0.5) is 0 Å². The summed E-state index contributed by atoms with van der Waals surface area (Å²) < 4.78 is 0. The zero-order valence-electron chi connectivity index (χ0n) is 16.2. The molecule has 0 radical (unpaired) electrons. The van der Waals surface area contributed by atoms with Crippen LogP contribution >= 0.6 is 0 Å². The summed E-state index contributed by atoms with van der Waals surface area (Å²) in [6.07, 6.45) is 9.47. The Morgan fingerprint density at radius 3 is 2.56 bits per heavy atom. The number of hydrogen-bond donors (Lipinski definition) is 2. The number of carbonyl (C=O) groups is 2. The fourth-order valence-corrected chi connectivity index (χ4v) is 7.26. The average Bonchev–Trinajstić information content (AvgIpc) is 2.59. The first-order chi connectivity index (χ1) is 13.0. The topological polar surface area (TPSA) is 58.2 Å². The third kappa shape index (κ3) is 2.88. The summed E-state index contributed by atoms with van der Waals surface area (Å²) in [5.74, 6) is 1.46. The van der Waals surface area contributed by atoms with Crippen LogP contribution < -0.4 is 10.6 Å². The van der Waals surface area contributed by atoms with Crippen LogP contribution in [0.3, 0.4) is 0 Å². The Labute approximate surface area is 161 Å². The number of benzene rings is 1.